The molecule has 1 rings (SSSR count). The molecule has 6 heteroatoms. The van der Waals surface area contributed by atoms with Crippen LogP contribution in [0.3, 0.4) is 0 Å². The molecule has 0 spiro atoms. The lowest BCUT2D eigenvalue weighted by Gasteiger charge is -2.12. The fourth-order valence-corrected chi connectivity index (χ4v) is 1.36. The van der Waals surface area contributed by atoms with Crippen molar-refractivity contribution in [1.82, 2.24) is 0 Å². The Balaban J connectivity index is 0.00000289. The largest absolute Gasteiger partial charge is 0.497 e. The van der Waals surface area contributed by atoms with Crippen molar-refractivity contribution in [3.63, 3.8) is 0 Å². The van der Waals surface area contributed by atoms with Crippen LogP contribution in [0.5, 0.6) is 11.5 Å². The van der Waals surface area contributed by atoms with Gasteiger partial charge >= 0.3 is 0 Å². The zero-order valence-corrected chi connectivity index (χ0v) is 11.4. The number of methoxy groups -OCH3 is 1. The number of hydrogen-bond acceptors (Lipinski definition) is 4. The van der Waals surface area contributed by atoms with Crippen molar-refractivity contribution >= 4 is 24.0 Å². The average molecular weight is 275 g/mol. The molecule has 0 aliphatic rings. The van der Waals surface area contributed by atoms with Gasteiger partial charge in [0.1, 0.15) is 11.5 Å². The van der Waals surface area contributed by atoms with E-state index in [2.05, 4.69) is 5.32 Å². The van der Waals surface area contributed by atoms with Crippen LogP contribution in [0.2, 0.25) is 0 Å². The van der Waals surface area contributed by atoms with Crippen LogP contribution in [0.1, 0.15) is 13.3 Å². The van der Waals surface area contributed by atoms with Gasteiger partial charge in [-0.15, -0.1) is 12.4 Å². The Hall–Kier alpha value is -1.46. The lowest BCUT2D eigenvalue weighted by atomic mass is 10.2. The molecule has 0 bridgehead atoms. The standard InChI is InChI=1S/C12H18N2O3.ClH/c1-3-17-11-5-4-9(16-2)8-10(11)14-12(15)6-7-13;/h4-5,8H,3,6-7,13H2,1-2H3,(H,14,15);1H. The van der Waals surface area contributed by atoms with Crippen molar-refractivity contribution < 1.29 is 14.3 Å². The molecule has 0 heterocycles. The highest BCUT2D eigenvalue weighted by atomic mass is 35.5. The van der Waals surface area contributed by atoms with E-state index < -0.39 is 0 Å². The van der Waals surface area contributed by atoms with Gasteiger partial charge < -0.3 is 20.5 Å². The fourth-order valence-electron chi connectivity index (χ4n) is 1.36. The highest BCUT2D eigenvalue weighted by molar-refractivity contribution is 5.92. The van der Waals surface area contributed by atoms with Crippen LogP contribution >= 0.6 is 12.4 Å². The molecule has 0 saturated heterocycles. The van der Waals surface area contributed by atoms with Gasteiger partial charge in [-0.3, -0.25) is 4.79 Å². The van der Waals surface area contributed by atoms with E-state index >= 15 is 0 Å². The number of carbonyl (C=O) groups excluding carboxylic acids is 1. The van der Waals surface area contributed by atoms with Gasteiger partial charge in [-0.25, -0.2) is 0 Å². The second-order valence-corrected chi connectivity index (χ2v) is 3.38. The molecule has 0 saturated carbocycles. The second kappa shape index (κ2) is 8.60. The van der Waals surface area contributed by atoms with Gasteiger partial charge in [-0.2, -0.15) is 0 Å². The molecular weight excluding hydrogens is 256 g/mol. The molecule has 0 aliphatic carbocycles. The van der Waals surface area contributed by atoms with Crippen molar-refractivity contribution in [3.8, 4) is 11.5 Å². The van der Waals surface area contributed by atoms with Crippen LogP contribution < -0.4 is 20.5 Å². The van der Waals surface area contributed by atoms with Crippen molar-refractivity contribution in [3.05, 3.63) is 18.2 Å². The fraction of sp³-hybridized carbons (Fsp3) is 0.417. The predicted molar refractivity (Wildman–Crippen MR) is 73.7 cm³/mol. The number of rotatable bonds is 6. The minimum Gasteiger partial charge on any atom is -0.497 e. The summed E-state index contributed by atoms with van der Waals surface area (Å²) in [4.78, 5) is 11.5. The smallest absolute Gasteiger partial charge is 0.225 e. The summed E-state index contributed by atoms with van der Waals surface area (Å²) in [5, 5.41) is 2.75. The van der Waals surface area contributed by atoms with Crippen LogP contribution in [-0.4, -0.2) is 26.2 Å². The molecule has 18 heavy (non-hydrogen) atoms. The summed E-state index contributed by atoms with van der Waals surface area (Å²) in [5.41, 5.74) is 5.92. The summed E-state index contributed by atoms with van der Waals surface area (Å²) in [6.45, 7) is 2.74. The van der Waals surface area contributed by atoms with Crippen molar-refractivity contribution in [2.75, 3.05) is 25.6 Å². The topological polar surface area (TPSA) is 73.6 Å². The number of benzene rings is 1. The Morgan fingerprint density at radius 1 is 1.44 bits per heavy atom. The van der Waals surface area contributed by atoms with Gasteiger partial charge in [0.15, 0.2) is 0 Å². The molecule has 3 N–H and O–H groups in total. The molecule has 0 atom stereocenters. The Kier molecular flexibility index (Phi) is 7.91. The second-order valence-electron chi connectivity index (χ2n) is 3.38. The van der Waals surface area contributed by atoms with E-state index in [1.54, 1.807) is 25.3 Å². The maximum Gasteiger partial charge on any atom is 0.225 e. The molecular formula is C12H19ClN2O3. The average Bonchev–Trinajstić information content (AvgIpc) is 2.32. The van der Waals surface area contributed by atoms with Gasteiger partial charge in [-0.05, 0) is 19.1 Å². The summed E-state index contributed by atoms with van der Waals surface area (Å²) < 4.78 is 10.5. The summed E-state index contributed by atoms with van der Waals surface area (Å²) in [6, 6.07) is 5.27. The quantitative estimate of drug-likeness (QED) is 0.830. The number of amides is 1. The first kappa shape index (κ1) is 16.5. The van der Waals surface area contributed by atoms with Crippen molar-refractivity contribution in [1.29, 1.82) is 0 Å². The van der Waals surface area contributed by atoms with E-state index in [1.165, 1.54) is 0 Å². The molecule has 5 nitrogen and oxygen atoms in total. The molecule has 1 amide bonds. The van der Waals surface area contributed by atoms with E-state index in [0.717, 1.165) is 0 Å². The molecule has 1 aromatic rings. The van der Waals surface area contributed by atoms with Gasteiger partial charge in [0.05, 0.1) is 19.4 Å². The highest BCUT2D eigenvalue weighted by Gasteiger charge is 2.08. The van der Waals surface area contributed by atoms with Gasteiger partial charge in [0.25, 0.3) is 0 Å². The summed E-state index contributed by atoms with van der Waals surface area (Å²) in [6.07, 6.45) is 0.281. The van der Waals surface area contributed by atoms with Crippen molar-refractivity contribution in [2.45, 2.75) is 13.3 Å². The maximum atomic E-state index is 11.5. The summed E-state index contributed by atoms with van der Waals surface area (Å²) in [7, 11) is 1.57. The van der Waals surface area contributed by atoms with Crippen molar-refractivity contribution in [2.24, 2.45) is 5.73 Å². The third-order valence-electron chi connectivity index (χ3n) is 2.13. The first-order valence-electron chi connectivity index (χ1n) is 5.52. The lowest BCUT2D eigenvalue weighted by molar-refractivity contribution is -0.116. The van der Waals surface area contributed by atoms with E-state index in [1.807, 2.05) is 6.92 Å². The van der Waals surface area contributed by atoms with E-state index in [0.29, 0.717) is 30.3 Å². The maximum absolute atomic E-state index is 11.5. The van der Waals surface area contributed by atoms with E-state index in [9.17, 15) is 4.79 Å². The minimum atomic E-state index is -0.137. The first-order valence-corrected chi connectivity index (χ1v) is 5.52. The molecule has 1 aromatic carbocycles. The summed E-state index contributed by atoms with van der Waals surface area (Å²) >= 11 is 0. The number of anilines is 1. The molecule has 0 aliphatic heterocycles. The highest BCUT2D eigenvalue weighted by Crippen LogP contribution is 2.29. The Labute approximate surface area is 113 Å². The van der Waals surface area contributed by atoms with Gasteiger partial charge in [0.2, 0.25) is 5.91 Å². The minimum absolute atomic E-state index is 0. The number of halogens is 1. The first-order chi connectivity index (χ1) is 8.21. The van der Waals surface area contributed by atoms with Crippen LogP contribution in [-0.2, 0) is 4.79 Å². The van der Waals surface area contributed by atoms with E-state index in [-0.39, 0.29) is 24.7 Å². The third kappa shape index (κ3) is 4.81. The normalized spacial score (nSPS) is 9.28. The molecule has 0 aromatic heterocycles. The van der Waals surface area contributed by atoms with Crippen LogP contribution in [0.25, 0.3) is 0 Å². The molecule has 0 fully saturated rings. The molecule has 0 radical (unpaired) electrons. The van der Waals surface area contributed by atoms with Crippen LogP contribution in [0, 0.1) is 0 Å². The Morgan fingerprint density at radius 3 is 2.72 bits per heavy atom. The predicted octanol–water partition coefficient (Wildman–Crippen LogP) is 1.80. The Morgan fingerprint density at radius 2 is 2.17 bits per heavy atom. The zero-order chi connectivity index (χ0) is 12.7. The molecule has 0 unspecified atom stereocenters. The third-order valence-corrected chi connectivity index (χ3v) is 2.13. The number of nitrogens with one attached hydrogen (secondary N) is 1. The van der Waals surface area contributed by atoms with E-state index in [4.69, 9.17) is 15.2 Å². The SMILES string of the molecule is CCOc1ccc(OC)cc1NC(=O)CCN.Cl. The number of hydrogen-bond donors (Lipinski definition) is 2. The Bertz CT molecular complexity index is 386. The number of ether oxygens (including phenoxy) is 2. The zero-order valence-electron chi connectivity index (χ0n) is 10.6. The number of nitrogens with two attached hydrogens (primary N) is 1. The van der Waals surface area contributed by atoms with Gasteiger partial charge in [0, 0.05) is 19.0 Å². The lowest BCUT2D eigenvalue weighted by Crippen LogP contribution is -2.16. The monoisotopic (exact) mass is 274 g/mol. The number of carbonyl (C=O) groups is 1. The van der Waals surface area contributed by atoms with Crippen LogP contribution in [0.15, 0.2) is 18.2 Å². The summed E-state index contributed by atoms with van der Waals surface area (Å²) in [5.74, 6) is 1.15. The molecule has 102 valence electrons. The van der Waals surface area contributed by atoms with Gasteiger partial charge in [-0.1, -0.05) is 0 Å². The van der Waals surface area contributed by atoms with Crippen LogP contribution in [0.4, 0.5) is 5.69 Å².